The van der Waals surface area contributed by atoms with E-state index in [1.165, 1.54) is 12.3 Å². The molecule has 0 saturated carbocycles. The van der Waals surface area contributed by atoms with Crippen molar-refractivity contribution in [2.24, 2.45) is 5.10 Å². The van der Waals surface area contributed by atoms with Crippen LogP contribution in [0.1, 0.15) is 45.7 Å². The van der Waals surface area contributed by atoms with Crippen LogP contribution < -0.4 is 25.0 Å². The standard InChI is InChI=1S/C36H49N5O7/c1-7-41(8-2)17-16-40(3)26-28-10-9-11-29(22-28)35(42)38-32-24-34(48-21-19-45-5)33(47-20-18-44-4)23-31(32)36(43)39-37-25-27-12-14-30(46-6)15-13-27/h9-15,22-25H,7-8,16-21,26H2,1-6H3,(H,38,42)(H,39,43)/b37-25+. The molecule has 0 radical (unpaired) electrons. The lowest BCUT2D eigenvalue weighted by atomic mass is 10.1. The van der Waals surface area contributed by atoms with Crippen LogP contribution in [0.5, 0.6) is 17.2 Å². The second-order valence-electron chi connectivity index (χ2n) is 10.9. The maximum absolute atomic E-state index is 13.6. The minimum Gasteiger partial charge on any atom is -0.497 e. The third-order valence-corrected chi connectivity index (χ3v) is 7.50. The topological polar surface area (TPSA) is 123 Å². The molecular weight excluding hydrogens is 614 g/mol. The van der Waals surface area contributed by atoms with Crippen LogP contribution in [0, 0.1) is 0 Å². The number of hydrazone groups is 1. The number of hydrogen-bond donors (Lipinski definition) is 2. The molecule has 0 atom stereocenters. The number of carbonyl (C=O) groups is 2. The highest BCUT2D eigenvalue weighted by molar-refractivity contribution is 6.09. The molecule has 0 aliphatic carbocycles. The number of methoxy groups -OCH3 is 3. The van der Waals surface area contributed by atoms with Gasteiger partial charge >= 0.3 is 0 Å². The van der Waals surface area contributed by atoms with Crippen molar-refractivity contribution in [1.82, 2.24) is 15.2 Å². The normalized spacial score (nSPS) is 11.2. The Balaban J connectivity index is 1.87. The van der Waals surface area contributed by atoms with Crippen molar-refractivity contribution in [1.29, 1.82) is 0 Å². The van der Waals surface area contributed by atoms with Crippen molar-refractivity contribution in [3.8, 4) is 17.2 Å². The zero-order valence-electron chi connectivity index (χ0n) is 28.9. The molecule has 0 aromatic heterocycles. The molecule has 0 bridgehead atoms. The molecule has 2 amide bonds. The fraction of sp³-hybridized carbons (Fsp3) is 0.417. The lowest BCUT2D eigenvalue weighted by Crippen LogP contribution is -2.32. The SMILES string of the molecule is CCN(CC)CCN(C)Cc1cccc(C(=O)Nc2cc(OCCOC)c(OCCOC)cc2C(=O)N/N=C/c2ccc(OC)cc2)c1. The van der Waals surface area contributed by atoms with E-state index >= 15 is 0 Å². The lowest BCUT2D eigenvalue weighted by Gasteiger charge is -2.23. The molecule has 0 saturated heterocycles. The van der Waals surface area contributed by atoms with Gasteiger partial charge in [0.05, 0.1) is 37.8 Å². The van der Waals surface area contributed by atoms with Crippen LogP contribution in [0.15, 0.2) is 65.8 Å². The second kappa shape index (κ2) is 20.7. The first-order chi connectivity index (χ1) is 23.3. The number of benzene rings is 3. The zero-order chi connectivity index (χ0) is 34.7. The maximum Gasteiger partial charge on any atom is 0.273 e. The third kappa shape index (κ3) is 12.3. The molecule has 2 N–H and O–H groups in total. The molecule has 12 heteroatoms. The van der Waals surface area contributed by atoms with Crippen molar-refractivity contribution in [3.05, 3.63) is 82.9 Å². The van der Waals surface area contributed by atoms with E-state index in [-0.39, 0.29) is 30.4 Å². The minimum absolute atomic E-state index is 0.133. The summed E-state index contributed by atoms with van der Waals surface area (Å²) in [6.45, 7) is 10.0. The van der Waals surface area contributed by atoms with E-state index in [0.717, 1.165) is 37.3 Å². The Morgan fingerprint density at radius 2 is 1.48 bits per heavy atom. The molecule has 3 rings (SSSR count). The predicted octanol–water partition coefficient (Wildman–Crippen LogP) is 4.54. The van der Waals surface area contributed by atoms with Gasteiger partial charge in [0.25, 0.3) is 11.8 Å². The van der Waals surface area contributed by atoms with Crippen molar-refractivity contribution >= 4 is 23.7 Å². The van der Waals surface area contributed by atoms with Crippen molar-refractivity contribution in [3.63, 3.8) is 0 Å². The van der Waals surface area contributed by atoms with Crippen molar-refractivity contribution in [2.45, 2.75) is 20.4 Å². The predicted molar refractivity (Wildman–Crippen MR) is 188 cm³/mol. The van der Waals surface area contributed by atoms with Crippen LogP contribution >= 0.6 is 0 Å². The minimum atomic E-state index is -0.557. The van der Waals surface area contributed by atoms with Gasteiger partial charge < -0.3 is 38.8 Å². The zero-order valence-corrected chi connectivity index (χ0v) is 28.9. The van der Waals surface area contributed by atoms with Gasteiger partial charge in [0.15, 0.2) is 11.5 Å². The lowest BCUT2D eigenvalue weighted by molar-refractivity contribution is 0.0955. The summed E-state index contributed by atoms with van der Waals surface area (Å²) in [5.74, 6) is 0.409. The monoisotopic (exact) mass is 663 g/mol. The highest BCUT2D eigenvalue weighted by Crippen LogP contribution is 2.34. The van der Waals surface area contributed by atoms with Crippen LogP contribution in [0.3, 0.4) is 0 Å². The van der Waals surface area contributed by atoms with Gasteiger partial charge in [0, 0.05) is 45.5 Å². The van der Waals surface area contributed by atoms with Crippen LogP contribution in [-0.2, 0) is 16.0 Å². The number of nitrogens with one attached hydrogen (secondary N) is 2. The molecule has 0 unspecified atom stereocenters. The van der Waals surface area contributed by atoms with Crippen LogP contribution in [0.2, 0.25) is 0 Å². The summed E-state index contributed by atoms with van der Waals surface area (Å²) in [7, 11) is 6.80. The molecule has 3 aromatic carbocycles. The number of ether oxygens (including phenoxy) is 5. The number of likely N-dealkylation sites (N-methyl/N-ethyl adjacent to an activating group) is 2. The van der Waals surface area contributed by atoms with Gasteiger partial charge in [-0.2, -0.15) is 5.10 Å². The van der Waals surface area contributed by atoms with E-state index < -0.39 is 5.91 Å². The number of amides is 2. The van der Waals surface area contributed by atoms with Gasteiger partial charge in [-0.25, -0.2) is 5.43 Å². The van der Waals surface area contributed by atoms with E-state index in [4.69, 9.17) is 23.7 Å². The highest BCUT2D eigenvalue weighted by Gasteiger charge is 2.20. The van der Waals surface area contributed by atoms with Crippen LogP contribution in [0.4, 0.5) is 5.69 Å². The highest BCUT2D eigenvalue weighted by atomic mass is 16.5. The molecule has 3 aromatic rings. The summed E-state index contributed by atoms with van der Waals surface area (Å²) in [5, 5.41) is 7.03. The molecule has 48 heavy (non-hydrogen) atoms. The average molecular weight is 664 g/mol. The van der Waals surface area contributed by atoms with Crippen LogP contribution in [0.25, 0.3) is 0 Å². The van der Waals surface area contributed by atoms with Gasteiger partial charge in [-0.05, 0) is 73.7 Å². The molecule has 0 spiro atoms. The number of anilines is 1. The van der Waals surface area contributed by atoms with Gasteiger partial charge in [-0.15, -0.1) is 0 Å². The molecule has 0 heterocycles. The first-order valence-corrected chi connectivity index (χ1v) is 16.0. The molecular formula is C36H49N5O7. The number of rotatable bonds is 21. The summed E-state index contributed by atoms with van der Waals surface area (Å²) < 4.78 is 27.3. The summed E-state index contributed by atoms with van der Waals surface area (Å²) in [6.07, 6.45) is 1.51. The smallest absolute Gasteiger partial charge is 0.273 e. The molecule has 0 aliphatic rings. The molecule has 260 valence electrons. The van der Waals surface area contributed by atoms with E-state index in [2.05, 4.69) is 46.5 Å². The largest absolute Gasteiger partial charge is 0.497 e. The van der Waals surface area contributed by atoms with E-state index in [1.54, 1.807) is 45.6 Å². The Labute approximate surface area is 283 Å². The second-order valence-corrected chi connectivity index (χ2v) is 10.9. The molecule has 0 fully saturated rings. The number of carbonyl (C=O) groups excluding carboxylic acids is 2. The molecule has 12 nitrogen and oxygen atoms in total. The van der Waals surface area contributed by atoms with E-state index in [9.17, 15) is 9.59 Å². The fourth-order valence-electron chi connectivity index (χ4n) is 4.71. The Morgan fingerprint density at radius 1 is 0.812 bits per heavy atom. The summed E-state index contributed by atoms with van der Waals surface area (Å²) >= 11 is 0. The third-order valence-electron chi connectivity index (χ3n) is 7.50. The summed E-state index contributed by atoms with van der Waals surface area (Å²) in [6, 6.07) is 17.8. The maximum atomic E-state index is 13.6. The Hall–Kier alpha value is -4.49. The van der Waals surface area contributed by atoms with Gasteiger partial charge in [-0.3, -0.25) is 9.59 Å². The molecule has 0 aliphatic heterocycles. The number of nitrogens with zero attached hydrogens (tertiary/aromatic N) is 3. The summed E-state index contributed by atoms with van der Waals surface area (Å²) in [4.78, 5) is 31.7. The number of hydrogen-bond acceptors (Lipinski definition) is 10. The first kappa shape index (κ1) is 38.0. The van der Waals surface area contributed by atoms with Gasteiger partial charge in [0.1, 0.15) is 19.0 Å². The van der Waals surface area contributed by atoms with E-state index in [1.807, 2.05) is 30.3 Å². The first-order valence-electron chi connectivity index (χ1n) is 16.0. The summed E-state index contributed by atoms with van der Waals surface area (Å²) in [5.41, 5.74) is 5.13. The Bertz CT molecular complexity index is 1460. The average Bonchev–Trinajstić information content (AvgIpc) is 3.10. The van der Waals surface area contributed by atoms with Crippen molar-refractivity contribution in [2.75, 3.05) is 86.3 Å². The van der Waals surface area contributed by atoms with Crippen LogP contribution in [-0.4, -0.2) is 109 Å². The Kier molecular flexibility index (Phi) is 16.4. The van der Waals surface area contributed by atoms with Gasteiger partial charge in [0.2, 0.25) is 0 Å². The van der Waals surface area contributed by atoms with Gasteiger partial charge in [-0.1, -0.05) is 26.0 Å². The Morgan fingerprint density at radius 3 is 2.10 bits per heavy atom. The van der Waals surface area contributed by atoms with E-state index in [0.29, 0.717) is 42.6 Å². The quantitative estimate of drug-likeness (QED) is 0.0961. The van der Waals surface area contributed by atoms with Crippen molar-refractivity contribution < 1.29 is 33.3 Å². The fourth-order valence-corrected chi connectivity index (χ4v) is 4.71.